The fourth-order valence-electron chi connectivity index (χ4n) is 3.36. The topological polar surface area (TPSA) is 69.3 Å². The van der Waals surface area contributed by atoms with Crippen molar-refractivity contribution < 1.29 is 9.59 Å². The molecule has 1 N–H and O–H groups in total. The van der Waals surface area contributed by atoms with Crippen molar-refractivity contribution in [2.24, 2.45) is 0 Å². The van der Waals surface area contributed by atoms with Crippen molar-refractivity contribution in [3.63, 3.8) is 0 Å². The Labute approximate surface area is 151 Å². The molecule has 0 bridgehead atoms. The normalized spacial score (nSPS) is 15.1. The number of nitrogens with zero attached hydrogens (tertiary/aromatic N) is 3. The van der Waals surface area contributed by atoms with E-state index in [-0.39, 0.29) is 11.8 Å². The highest BCUT2D eigenvalue weighted by atomic mass is 16.2. The van der Waals surface area contributed by atoms with Crippen LogP contribution in [0.15, 0.2) is 54.6 Å². The molecule has 0 unspecified atom stereocenters. The quantitative estimate of drug-likeness (QED) is 0.774. The van der Waals surface area contributed by atoms with Gasteiger partial charge in [0.1, 0.15) is 0 Å². The molecule has 132 valence electrons. The number of carbonyl (C=O) groups is 2. The van der Waals surface area contributed by atoms with Gasteiger partial charge < -0.3 is 9.80 Å². The summed E-state index contributed by atoms with van der Waals surface area (Å²) in [5.74, 6) is -0.0680. The second-order valence-electron chi connectivity index (χ2n) is 6.42. The van der Waals surface area contributed by atoms with E-state index in [1.807, 2.05) is 59.5 Å². The first-order valence-corrected chi connectivity index (χ1v) is 8.81. The number of rotatable bonds is 2. The summed E-state index contributed by atoms with van der Waals surface area (Å²) in [4.78, 5) is 29.2. The largest absolute Gasteiger partial charge is 0.337 e. The van der Waals surface area contributed by atoms with E-state index in [0.29, 0.717) is 37.4 Å². The molecular weight excluding hydrogens is 328 g/mol. The number of fused-ring (bicyclic) bond motifs is 1. The number of hydrogen-bond acceptors (Lipinski definition) is 3. The highest BCUT2D eigenvalue weighted by Crippen LogP contribution is 2.18. The number of carbonyl (C=O) groups excluding carboxylic acids is 2. The zero-order valence-corrected chi connectivity index (χ0v) is 14.4. The van der Waals surface area contributed by atoms with E-state index in [1.54, 1.807) is 4.90 Å². The fraction of sp³-hybridized carbons (Fsp3) is 0.250. The standard InChI is InChI=1S/C20H20N4O2/c25-19(15-7-2-1-3-8-15)23-11-6-12-24(14-13-23)20(26)18-16-9-4-5-10-17(16)21-22-18/h1-5,7-10H,6,11-14H2,(H,21,22). The van der Waals surface area contributed by atoms with E-state index < -0.39 is 0 Å². The third-order valence-electron chi connectivity index (χ3n) is 4.76. The Hall–Kier alpha value is -3.15. The average molecular weight is 348 g/mol. The summed E-state index contributed by atoms with van der Waals surface area (Å²) in [6.45, 7) is 2.32. The molecule has 6 nitrogen and oxygen atoms in total. The number of aromatic nitrogens is 2. The smallest absolute Gasteiger partial charge is 0.275 e. The van der Waals surface area contributed by atoms with Crippen LogP contribution in [0.25, 0.3) is 10.9 Å². The molecule has 2 aromatic carbocycles. The first kappa shape index (κ1) is 16.3. The Balaban J connectivity index is 1.48. The van der Waals surface area contributed by atoms with Crippen molar-refractivity contribution in [2.45, 2.75) is 6.42 Å². The average Bonchev–Trinajstić information content (AvgIpc) is 2.97. The Morgan fingerprint density at radius 3 is 2.23 bits per heavy atom. The molecule has 2 heterocycles. The van der Waals surface area contributed by atoms with E-state index in [1.165, 1.54) is 0 Å². The van der Waals surface area contributed by atoms with Gasteiger partial charge >= 0.3 is 0 Å². The van der Waals surface area contributed by atoms with Gasteiger partial charge in [-0.2, -0.15) is 5.10 Å². The van der Waals surface area contributed by atoms with Gasteiger partial charge in [-0.1, -0.05) is 36.4 Å². The minimum Gasteiger partial charge on any atom is -0.337 e. The number of benzene rings is 2. The van der Waals surface area contributed by atoms with Gasteiger partial charge in [-0.05, 0) is 24.6 Å². The van der Waals surface area contributed by atoms with Gasteiger partial charge in [0.15, 0.2) is 5.69 Å². The van der Waals surface area contributed by atoms with Crippen LogP contribution in [0.2, 0.25) is 0 Å². The summed E-state index contributed by atoms with van der Waals surface area (Å²) in [6, 6.07) is 16.9. The summed E-state index contributed by atoms with van der Waals surface area (Å²) in [5, 5.41) is 7.95. The Bertz CT molecular complexity index is 935. The molecular formula is C20H20N4O2. The highest BCUT2D eigenvalue weighted by Gasteiger charge is 2.25. The first-order valence-electron chi connectivity index (χ1n) is 8.81. The predicted molar refractivity (Wildman–Crippen MR) is 99.0 cm³/mol. The molecule has 0 atom stereocenters. The molecule has 1 aliphatic heterocycles. The third-order valence-corrected chi connectivity index (χ3v) is 4.76. The lowest BCUT2D eigenvalue weighted by atomic mass is 10.2. The molecule has 0 saturated carbocycles. The van der Waals surface area contributed by atoms with Gasteiger partial charge in [0, 0.05) is 37.1 Å². The molecule has 1 aromatic heterocycles. The Morgan fingerprint density at radius 2 is 1.46 bits per heavy atom. The maximum atomic E-state index is 12.9. The number of nitrogens with one attached hydrogen (secondary N) is 1. The molecule has 2 amide bonds. The van der Waals surface area contributed by atoms with Crippen LogP contribution >= 0.6 is 0 Å². The van der Waals surface area contributed by atoms with Gasteiger partial charge in [-0.15, -0.1) is 0 Å². The predicted octanol–water partition coefficient (Wildman–Crippen LogP) is 2.55. The molecule has 0 aliphatic carbocycles. The van der Waals surface area contributed by atoms with Crippen molar-refractivity contribution >= 4 is 22.7 Å². The lowest BCUT2D eigenvalue weighted by Crippen LogP contribution is -2.37. The zero-order chi connectivity index (χ0) is 17.9. The third kappa shape index (κ3) is 3.06. The van der Waals surface area contributed by atoms with Crippen molar-refractivity contribution in [3.8, 4) is 0 Å². The van der Waals surface area contributed by atoms with Crippen LogP contribution in [0, 0.1) is 0 Å². The van der Waals surface area contributed by atoms with Crippen molar-refractivity contribution in [1.29, 1.82) is 0 Å². The second kappa shape index (κ2) is 7.00. The first-order chi connectivity index (χ1) is 12.7. The van der Waals surface area contributed by atoms with Crippen LogP contribution in [0.3, 0.4) is 0 Å². The van der Waals surface area contributed by atoms with Crippen LogP contribution in [0.4, 0.5) is 0 Å². The second-order valence-corrected chi connectivity index (χ2v) is 6.42. The molecule has 6 heteroatoms. The SMILES string of the molecule is O=C(c1ccccc1)N1CCCN(C(=O)c2n[nH]c3ccccc23)CC1. The van der Waals surface area contributed by atoms with Gasteiger partial charge in [0.25, 0.3) is 11.8 Å². The van der Waals surface area contributed by atoms with Crippen LogP contribution in [0.5, 0.6) is 0 Å². The molecule has 0 spiro atoms. The van der Waals surface area contributed by atoms with Gasteiger partial charge in [0.2, 0.25) is 0 Å². The van der Waals surface area contributed by atoms with Gasteiger partial charge in [0.05, 0.1) is 5.52 Å². The summed E-state index contributed by atoms with van der Waals surface area (Å²) in [7, 11) is 0. The lowest BCUT2D eigenvalue weighted by Gasteiger charge is -2.22. The Kier molecular flexibility index (Phi) is 4.39. The van der Waals surface area contributed by atoms with Crippen molar-refractivity contribution in [2.75, 3.05) is 26.2 Å². The molecule has 4 rings (SSSR count). The number of para-hydroxylation sites is 1. The van der Waals surface area contributed by atoms with Crippen LogP contribution in [-0.4, -0.2) is 58.0 Å². The maximum absolute atomic E-state index is 12.9. The van der Waals surface area contributed by atoms with Crippen molar-refractivity contribution in [3.05, 3.63) is 65.9 Å². The number of aromatic amines is 1. The van der Waals surface area contributed by atoms with Crippen LogP contribution in [0.1, 0.15) is 27.3 Å². The summed E-state index contributed by atoms with van der Waals surface area (Å²) < 4.78 is 0. The highest BCUT2D eigenvalue weighted by molar-refractivity contribution is 6.04. The van der Waals surface area contributed by atoms with Crippen LogP contribution in [-0.2, 0) is 0 Å². The number of amides is 2. The van der Waals surface area contributed by atoms with E-state index in [9.17, 15) is 9.59 Å². The van der Waals surface area contributed by atoms with E-state index in [4.69, 9.17) is 0 Å². The summed E-state index contributed by atoms with van der Waals surface area (Å²) in [5.41, 5.74) is 1.99. The fourth-order valence-corrected chi connectivity index (χ4v) is 3.36. The van der Waals surface area contributed by atoms with Gasteiger partial charge in [-0.3, -0.25) is 14.7 Å². The number of hydrogen-bond donors (Lipinski definition) is 1. The molecule has 1 aliphatic rings. The maximum Gasteiger partial charge on any atom is 0.275 e. The molecule has 1 fully saturated rings. The summed E-state index contributed by atoms with van der Waals surface area (Å²) in [6.07, 6.45) is 0.757. The van der Waals surface area contributed by atoms with E-state index in [2.05, 4.69) is 10.2 Å². The lowest BCUT2D eigenvalue weighted by molar-refractivity contribution is 0.0716. The van der Waals surface area contributed by atoms with Gasteiger partial charge in [-0.25, -0.2) is 0 Å². The molecule has 26 heavy (non-hydrogen) atoms. The minimum atomic E-state index is -0.0866. The van der Waals surface area contributed by atoms with E-state index >= 15 is 0 Å². The minimum absolute atomic E-state index is 0.0186. The van der Waals surface area contributed by atoms with Crippen molar-refractivity contribution in [1.82, 2.24) is 20.0 Å². The number of H-pyrrole nitrogens is 1. The molecule has 0 radical (unpaired) electrons. The summed E-state index contributed by atoms with van der Waals surface area (Å²) >= 11 is 0. The van der Waals surface area contributed by atoms with E-state index in [0.717, 1.165) is 17.3 Å². The molecule has 3 aromatic rings. The van der Waals surface area contributed by atoms with Crippen LogP contribution < -0.4 is 0 Å². The Morgan fingerprint density at radius 1 is 0.808 bits per heavy atom. The zero-order valence-electron chi connectivity index (χ0n) is 14.4. The molecule has 1 saturated heterocycles. The monoisotopic (exact) mass is 348 g/mol.